The van der Waals surface area contributed by atoms with E-state index in [9.17, 15) is 4.79 Å². The number of hydrogen-bond donors (Lipinski definition) is 1. The number of benzene rings is 1. The maximum atomic E-state index is 12.8. The molecule has 25 heavy (non-hydrogen) atoms. The normalized spacial score (nSPS) is 14.2. The highest BCUT2D eigenvalue weighted by molar-refractivity contribution is 6.04. The van der Waals surface area contributed by atoms with Gasteiger partial charge in [-0.2, -0.15) is 5.10 Å². The quantitative estimate of drug-likeness (QED) is 0.894. The van der Waals surface area contributed by atoms with E-state index < -0.39 is 0 Å². The molecule has 0 unspecified atom stereocenters. The smallest absolute Gasteiger partial charge is 0.256 e. The van der Waals surface area contributed by atoms with Crippen molar-refractivity contribution in [1.29, 1.82) is 0 Å². The van der Waals surface area contributed by atoms with Crippen LogP contribution in [0, 0.1) is 0 Å². The number of rotatable bonds is 2. The topological polar surface area (TPSA) is 56.1 Å². The van der Waals surface area contributed by atoms with E-state index in [1.165, 1.54) is 0 Å². The third-order valence-corrected chi connectivity index (χ3v) is 4.31. The summed E-state index contributed by atoms with van der Waals surface area (Å²) in [6.07, 6.45) is 0.852. The Kier molecular flexibility index (Phi) is 4.13. The van der Waals surface area contributed by atoms with Crippen molar-refractivity contribution in [3.8, 4) is 5.75 Å². The van der Waals surface area contributed by atoms with Crippen LogP contribution in [-0.2, 0) is 17.4 Å². The van der Waals surface area contributed by atoms with Crippen LogP contribution in [0.2, 0.25) is 0 Å². The molecule has 1 aliphatic rings. The summed E-state index contributed by atoms with van der Waals surface area (Å²) in [7, 11) is 0. The van der Waals surface area contributed by atoms with Crippen molar-refractivity contribution in [3.63, 3.8) is 0 Å². The Labute approximate surface area is 149 Å². The predicted molar refractivity (Wildman–Crippen MR) is 99.5 cm³/mol. The molecule has 134 valence electrons. The zero-order valence-corrected chi connectivity index (χ0v) is 15.9. The van der Waals surface area contributed by atoms with E-state index >= 15 is 0 Å². The average molecular weight is 341 g/mol. The molecule has 1 aliphatic heterocycles. The lowest BCUT2D eigenvalue weighted by Crippen LogP contribution is -2.27. The van der Waals surface area contributed by atoms with E-state index in [0.29, 0.717) is 12.2 Å². The van der Waals surface area contributed by atoms with E-state index in [4.69, 9.17) is 9.84 Å². The molecule has 0 saturated carbocycles. The van der Waals surface area contributed by atoms with Gasteiger partial charge in [0.2, 0.25) is 0 Å². The molecule has 1 amide bonds. The van der Waals surface area contributed by atoms with Crippen LogP contribution in [0.25, 0.3) is 0 Å². The van der Waals surface area contributed by atoms with E-state index in [0.717, 1.165) is 29.2 Å². The van der Waals surface area contributed by atoms with Crippen LogP contribution in [0.3, 0.4) is 0 Å². The van der Waals surface area contributed by atoms with Gasteiger partial charge in [0.05, 0.1) is 17.8 Å². The molecule has 2 heterocycles. The summed E-state index contributed by atoms with van der Waals surface area (Å²) < 4.78 is 7.40. The van der Waals surface area contributed by atoms with Crippen molar-refractivity contribution in [2.75, 3.05) is 11.9 Å². The molecule has 0 fully saturated rings. The fourth-order valence-corrected chi connectivity index (χ4v) is 2.86. The summed E-state index contributed by atoms with van der Waals surface area (Å²) in [5.74, 6) is 1.48. The molecule has 2 aromatic rings. The van der Waals surface area contributed by atoms with Gasteiger partial charge in [0, 0.05) is 23.5 Å². The Morgan fingerprint density at radius 3 is 2.52 bits per heavy atom. The van der Waals surface area contributed by atoms with Crippen LogP contribution in [0.4, 0.5) is 5.82 Å². The Bertz CT molecular complexity index is 807. The van der Waals surface area contributed by atoms with Crippen LogP contribution in [0.15, 0.2) is 24.3 Å². The third kappa shape index (κ3) is 3.55. The molecule has 0 aliphatic carbocycles. The summed E-state index contributed by atoms with van der Waals surface area (Å²) in [5.41, 5.74) is 2.38. The van der Waals surface area contributed by atoms with Crippen LogP contribution in [0.1, 0.15) is 63.2 Å². The largest absolute Gasteiger partial charge is 0.493 e. The van der Waals surface area contributed by atoms with Gasteiger partial charge in [0.25, 0.3) is 5.91 Å². The number of ether oxygens (including phenoxy) is 1. The Morgan fingerprint density at radius 2 is 1.88 bits per heavy atom. The summed E-state index contributed by atoms with van der Waals surface area (Å²) in [6.45, 7) is 13.3. The zero-order chi connectivity index (χ0) is 18.4. The zero-order valence-electron chi connectivity index (χ0n) is 15.9. The standard InChI is InChI=1S/C20H27N3O2/c1-19(2,3)16-12-17(23(22-16)20(4,5)6)21-18(24)14-7-8-15-13(11-14)9-10-25-15/h7-8,11-12H,9-10H2,1-6H3,(H,21,24). The monoisotopic (exact) mass is 341 g/mol. The minimum Gasteiger partial charge on any atom is -0.493 e. The van der Waals surface area contributed by atoms with E-state index in [-0.39, 0.29) is 16.9 Å². The number of amides is 1. The van der Waals surface area contributed by atoms with Gasteiger partial charge in [-0.05, 0) is 44.5 Å². The fraction of sp³-hybridized carbons (Fsp3) is 0.500. The minimum absolute atomic E-state index is 0.0825. The summed E-state index contributed by atoms with van der Waals surface area (Å²) in [4.78, 5) is 12.8. The molecule has 5 heteroatoms. The first-order valence-electron chi connectivity index (χ1n) is 8.74. The van der Waals surface area contributed by atoms with Gasteiger partial charge < -0.3 is 10.1 Å². The number of aromatic nitrogens is 2. The molecule has 0 bridgehead atoms. The first-order chi connectivity index (χ1) is 11.6. The molecule has 1 aromatic carbocycles. The lowest BCUT2D eigenvalue weighted by molar-refractivity contribution is 0.102. The molecule has 0 spiro atoms. The van der Waals surface area contributed by atoms with Crippen LogP contribution < -0.4 is 10.1 Å². The third-order valence-electron chi connectivity index (χ3n) is 4.31. The Morgan fingerprint density at radius 1 is 1.16 bits per heavy atom. The first-order valence-corrected chi connectivity index (χ1v) is 8.74. The minimum atomic E-state index is -0.224. The lowest BCUT2D eigenvalue weighted by Gasteiger charge is -2.23. The number of carbonyl (C=O) groups is 1. The van der Waals surface area contributed by atoms with Crippen molar-refractivity contribution >= 4 is 11.7 Å². The van der Waals surface area contributed by atoms with E-state index in [1.54, 1.807) is 0 Å². The maximum Gasteiger partial charge on any atom is 0.256 e. The van der Waals surface area contributed by atoms with Crippen molar-refractivity contribution in [3.05, 3.63) is 41.1 Å². The number of fused-ring (bicyclic) bond motifs is 1. The highest BCUT2D eigenvalue weighted by atomic mass is 16.5. The Balaban J connectivity index is 1.91. The molecule has 0 saturated heterocycles. The van der Waals surface area contributed by atoms with Crippen LogP contribution in [-0.4, -0.2) is 22.3 Å². The highest BCUT2D eigenvalue weighted by Gasteiger charge is 2.26. The second kappa shape index (κ2) is 5.90. The van der Waals surface area contributed by atoms with E-state index in [1.807, 2.05) is 28.9 Å². The number of nitrogens with zero attached hydrogens (tertiary/aromatic N) is 2. The highest BCUT2D eigenvalue weighted by Crippen LogP contribution is 2.29. The molecule has 3 rings (SSSR count). The number of carbonyl (C=O) groups excluding carboxylic acids is 1. The van der Waals surface area contributed by atoms with Crippen molar-refractivity contribution < 1.29 is 9.53 Å². The first kappa shape index (κ1) is 17.5. The van der Waals surface area contributed by atoms with Gasteiger partial charge in [-0.25, -0.2) is 4.68 Å². The van der Waals surface area contributed by atoms with E-state index in [2.05, 4.69) is 46.9 Å². The summed E-state index contributed by atoms with van der Waals surface area (Å²) in [6, 6.07) is 7.57. The molecule has 5 nitrogen and oxygen atoms in total. The number of nitrogens with one attached hydrogen (secondary N) is 1. The molecular formula is C20H27N3O2. The predicted octanol–water partition coefficient (Wildman–Crippen LogP) is 4.12. The molecule has 1 N–H and O–H groups in total. The van der Waals surface area contributed by atoms with Gasteiger partial charge in [0.15, 0.2) is 0 Å². The Hall–Kier alpha value is -2.30. The summed E-state index contributed by atoms with van der Waals surface area (Å²) in [5, 5.41) is 7.78. The average Bonchev–Trinajstić information content (AvgIpc) is 3.11. The lowest BCUT2D eigenvalue weighted by atomic mass is 9.92. The van der Waals surface area contributed by atoms with Crippen molar-refractivity contribution in [2.45, 2.75) is 58.9 Å². The van der Waals surface area contributed by atoms with Gasteiger partial charge >= 0.3 is 0 Å². The second-order valence-electron chi connectivity index (χ2n) is 8.62. The molecule has 0 radical (unpaired) electrons. The van der Waals surface area contributed by atoms with Gasteiger partial charge in [-0.15, -0.1) is 0 Å². The molecule has 0 atom stereocenters. The molecular weight excluding hydrogens is 314 g/mol. The van der Waals surface area contributed by atoms with Gasteiger partial charge in [-0.1, -0.05) is 20.8 Å². The van der Waals surface area contributed by atoms with Gasteiger partial charge in [0.1, 0.15) is 11.6 Å². The number of anilines is 1. The second-order valence-corrected chi connectivity index (χ2v) is 8.62. The molecule has 1 aromatic heterocycles. The fourth-order valence-electron chi connectivity index (χ4n) is 2.86. The number of hydrogen-bond acceptors (Lipinski definition) is 3. The van der Waals surface area contributed by atoms with Gasteiger partial charge in [-0.3, -0.25) is 4.79 Å². The summed E-state index contributed by atoms with van der Waals surface area (Å²) >= 11 is 0. The van der Waals surface area contributed by atoms with Crippen molar-refractivity contribution in [2.24, 2.45) is 0 Å². The van der Waals surface area contributed by atoms with Crippen molar-refractivity contribution in [1.82, 2.24) is 9.78 Å². The van der Waals surface area contributed by atoms with Crippen LogP contribution in [0.5, 0.6) is 5.75 Å². The SMILES string of the molecule is CC(C)(C)c1cc(NC(=O)c2ccc3c(c2)CCO3)n(C(C)(C)C)n1. The maximum absolute atomic E-state index is 12.8. The van der Waals surface area contributed by atoms with Crippen LogP contribution >= 0.6 is 0 Å².